The number of nitrogens with zero attached hydrogens (tertiary/aromatic N) is 3. The first kappa shape index (κ1) is 31.8. The second-order valence-electron chi connectivity index (χ2n) is 11.6. The Labute approximate surface area is 257 Å². The maximum absolute atomic E-state index is 14.6. The third-order valence-electron chi connectivity index (χ3n) is 9.05. The zero-order valence-electron chi connectivity index (χ0n) is 24.5. The summed E-state index contributed by atoms with van der Waals surface area (Å²) in [5.41, 5.74) is 1.01. The summed E-state index contributed by atoms with van der Waals surface area (Å²) in [5, 5.41) is 10.2. The molecule has 41 heavy (non-hydrogen) atoms. The van der Waals surface area contributed by atoms with Gasteiger partial charge in [0.15, 0.2) is 0 Å². The minimum atomic E-state index is -0.758. The molecule has 4 rings (SSSR count). The van der Waals surface area contributed by atoms with Crippen molar-refractivity contribution >= 4 is 45.4 Å². The molecular formula is C32H44BrN3O4S. The fraction of sp³-hybridized carbons (Fsp3) is 0.594. The van der Waals surface area contributed by atoms with Gasteiger partial charge in [0.1, 0.15) is 6.04 Å². The maximum atomic E-state index is 14.6. The number of carbonyl (C=O) groups is 3. The highest BCUT2D eigenvalue weighted by Crippen LogP contribution is 2.68. The SMILES string of the molecule is C=CCN(Cc1ccccc1)C(=O)[C@H]1[C@@H]2SC3(CC2Br)C(C(=O)N(CC=C)C(C)CCC)N([C@@H](CC)CO)C(=O)[C@H]13. The van der Waals surface area contributed by atoms with Crippen LogP contribution < -0.4 is 0 Å². The van der Waals surface area contributed by atoms with Gasteiger partial charge >= 0.3 is 0 Å². The second-order valence-corrected chi connectivity index (χ2v) is 14.3. The number of aliphatic hydroxyl groups excluding tert-OH is 1. The number of benzene rings is 1. The summed E-state index contributed by atoms with van der Waals surface area (Å²) >= 11 is 5.51. The molecule has 9 heteroatoms. The Morgan fingerprint density at radius 1 is 1.20 bits per heavy atom. The lowest BCUT2D eigenvalue weighted by molar-refractivity contribution is -0.147. The summed E-state index contributed by atoms with van der Waals surface area (Å²) in [6.07, 6.45) is 6.35. The van der Waals surface area contributed by atoms with Crippen LogP contribution in [0.1, 0.15) is 52.0 Å². The molecule has 224 valence electrons. The molecule has 7 nitrogen and oxygen atoms in total. The maximum Gasteiger partial charge on any atom is 0.247 e. The first-order valence-corrected chi connectivity index (χ1v) is 16.6. The average molecular weight is 647 g/mol. The van der Waals surface area contributed by atoms with Crippen molar-refractivity contribution in [3.8, 4) is 0 Å². The van der Waals surface area contributed by atoms with E-state index in [2.05, 4.69) is 36.0 Å². The van der Waals surface area contributed by atoms with E-state index in [0.29, 0.717) is 32.5 Å². The highest BCUT2D eigenvalue weighted by atomic mass is 79.9. The van der Waals surface area contributed by atoms with Gasteiger partial charge in [-0.25, -0.2) is 0 Å². The number of carbonyl (C=O) groups excluding carboxylic acids is 3. The van der Waals surface area contributed by atoms with E-state index in [4.69, 9.17) is 0 Å². The monoisotopic (exact) mass is 645 g/mol. The Bertz CT molecular complexity index is 1130. The summed E-state index contributed by atoms with van der Waals surface area (Å²) in [4.78, 5) is 48.7. The highest BCUT2D eigenvalue weighted by molar-refractivity contribution is 9.09. The molecule has 2 bridgehead atoms. The van der Waals surface area contributed by atoms with Crippen molar-refractivity contribution in [3.05, 3.63) is 61.2 Å². The number of fused-ring (bicyclic) bond motifs is 1. The number of amides is 3. The largest absolute Gasteiger partial charge is 0.394 e. The van der Waals surface area contributed by atoms with E-state index in [9.17, 15) is 19.5 Å². The van der Waals surface area contributed by atoms with Crippen LogP contribution in [0.25, 0.3) is 0 Å². The van der Waals surface area contributed by atoms with Crippen molar-refractivity contribution in [1.29, 1.82) is 0 Å². The van der Waals surface area contributed by atoms with E-state index in [1.165, 1.54) is 0 Å². The summed E-state index contributed by atoms with van der Waals surface area (Å²) in [6, 6.07) is 8.54. The number of alkyl halides is 1. The zero-order chi connectivity index (χ0) is 29.9. The van der Waals surface area contributed by atoms with Crippen LogP contribution in [0.4, 0.5) is 0 Å². The first-order chi connectivity index (χ1) is 19.7. The lowest BCUT2D eigenvalue weighted by atomic mass is 9.70. The standard InChI is InChI=1S/C32H44BrN3O4S/c1-6-13-21(5)35(17-8-3)31(40)28-32-18-24(33)27(41-32)25(26(32)30(39)36(28)23(9-4)20-37)29(38)34(16-7-2)19-22-14-11-10-12-15-22/h7-8,10-12,14-15,21,23-28,37H,2-3,6,9,13,16-20H2,1,4-5H3/t21?,23-,24?,25+,26-,27+,28?,32?/m0/s1. The Balaban J connectivity index is 1.78. The number of aliphatic hydroxyl groups is 1. The third kappa shape index (κ3) is 5.66. The molecule has 3 saturated heterocycles. The van der Waals surface area contributed by atoms with E-state index < -0.39 is 28.7 Å². The third-order valence-corrected chi connectivity index (χ3v) is 12.3. The van der Waals surface area contributed by atoms with Gasteiger partial charge in [0, 0.05) is 35.8 Å². The molecule has 3 amide bonds. The minimum Gasteiger partial charge on any atom is -0.394 e. The van der Waals surface area contributed by atoms with Gasteiger partial charge in [-0.15, -0.1) is 24.9 Å². The van der Waals surface area contributed by atoms with Gasteiger partial charge in [-0.1, -0.05) is 78.7 Å². The van der Waals surface area contributed by atoms with Gasteiger partial charge in [0.25, 0.3) is 0 Å². The van der Waals surface area contributed by atoms with Gasteiger partial charge in [-0.2, -0.15) is 0 Å². The van der Waals surface area contributed by atoms with Gasteiger partial charge in [0.05, 0.1) is 29.2 Å². The van der Waals surface area contributed by atoms with Crippen LogP contribution in [-0.4, -0.2) is 90.2 Å². The summed E-state index contributed by atoms with van der Waals surface area (Å²) < 4.78 is -0.756. The van der Waals surface area contributed by atoms with Crippen LogP contribution in [0.3, 0.4) is 0 Å². The van der Waals surface area contributed by atoms with Crippen molar-refractivity contribution in [2.75, 3.05) is 19.7 Å². The highest BCUT2D eigenvalue weighted by Gasteiger charge is 2.76. The zero-order valence-corrected chi connectivity index (χ0v) is 26.9. The van der Waals surface area contributed by atoms with Crippen molar-refractivity contribution in [2.45, 2.75) is 85.9 Å². The van der Waals surface area contributed by atoms with Crippen LogP contribution in [0, 0.1) is 11.8 Å². The van der Waals surface area contributed by atoms with Crippen LogP contribution in [0.2, 0.25) is 0 Å². The predicted molar refractivity (Wildman–Crippen MR) is 169 cm³/mol. The van der Waals surface area contributed by atoms with Gasteiger partial charge < -0.3 is 19.8 Å². The molecule has 1 aromatic carbocycles. The van der Waals surface area contributed by atoms with Gasteiger partial charge in [-0.05, 0) is 31.7 Å². The number of hydrogen-bond donors (Lipinski definition) is 1. The van der Waals surface area contributed by atoms with Crippen molar-refractivity contribution in [3.63, 3.8) is 0 Å². The van der Waals surface area contributed by atoms with Crippen molar-refractivity contribution < 1.29 is 19.5 Å². The van der Waals surface area contributed by atoms with Crippen LogP contribution in [-0.2, 0) is 20.9 Å². The smallest absolute Gasteiger partial charge is 0.247 e. The minimum absolute atomic E-state index is 0.0156. The van der Waals surface area contributed by atoms with E-state index in [0.717, 1.165) is 18.4 Å². The molecule has 8 atom stereocenters. The molecule has 0 saturated carbocycles. The number of thioether (sulfide) groups is 1. The van der Waals surface area contributed by atoms with Crippen LogP contribution >= 0.6 is 27.7 Å². The quantitative estimate of drug-likeness (QED) is 0.236. The fourth-order valence-corrected chi connectivity index (χ4v) is 10.8. The summed E-state index contributed by atoms with van der Waals surface area (Å²) in [7, 11) is 0. The van der Waals surface area contributed by atoms with Crippen LogP contribution in [0.5, 0.6) is 0 Å². The summed E-state index contributed by atoms with van der Waals surface area (Å²) in [5.74, 6) is -1.59. The number of rotatable bonds is 14. The van der Waals surface area contributed by atoms with Crippen LogP contribution in [0.15, 0.2) is 55.6 Å². The molecular weight excluding hydrogens is 602 g/mol. The van der Waals surface area contributed by atoms with E-state index in [1.54, 1.807) is 33.7 Å². The summed E-state index contributed by atoms with van der Waals surface area (Å²) in [6.45, 7) is 14.8. The van der Waals surface area contributed by atoms with E-state index >= 15 is 0 Å². The van der Waals surface area contributed by atoms with E-state index in [1.807, 2.05) is 49.1 Å². The molecule has 3 aliphatic rings. The fourth-order valence-electron chi connectivity index (χ4n) is 7.20. The normalized spacial score (nSPS) is 29.6. The second kappa shape index (κ2) is 13.5. The topological polar surface area (TPSA) is 81.2 Å². The number of hydrogen-bond acceptors (Lipinski definition) is 5. The first-order valence-electron chi connectivity index (χ1n) is 14.8. The Morgan fingerprint density at radius 2 is 1.88 bits per heavy atom. The lowest BCUT2D eigenvalue weighted by Crippen LogP contribution is -2.59. The molecule has 3 fully saturated rings. The predicted octanol–water partition coefficient (Wildman–Crippen LogP) is 4.64. The number of likely N-dealkylation sites (tertiary alicyclic amines) is 1. The van der Waals surface area contributed by atoms with Crippen molar-refractivity contribution in [2.24, 2.45) is 11.8 Å². The average Bonchev–Trinajstić information content (AvgIpc) is 3.56. The molecule has 0 aliphatic carbocycles. The molecule has 0 radical (unpaired) electrons. The van der Waals surface area contributed by atoms with E-state index in [-0.39, 0.29) is 40.4 Å². The lowest BCUT2D eigenvalue weighted by Gasteiger charge is -2.41. The Kier molecular flexibility index (Phi) is 10.5. The van der Waals surface area contributed by atoms with Gasteiger partial charge in [-0.3, -0.25) is 14.4 Å². The molecule has 0 aromatic heterocycles. The number of halogens is 1. The Morgan fingerprint density at radius 3 is 2.46 bits per heavy atom. The molecule has 3 heterocycles. The molecule has 4 unspecified atom stereocenters. The molecule has 1 aromatic rings. The molecule has 1 N–H and O–H groups in total. The van der Waals surface area contributed by atoms with Gasteiger partial charge in [0.2, 0.25) is 17.7 Å². The Hall–Kier alpha value is -2.10. The molecule has 1 spiro atoms. The van der Waals surface area contributed by atoms with Crippen molar-refractivity contribution in [1.82, 2.24) is 14.7 Å². The molecule has 3 aliphatic heterocycles.